The third kappa shape index (κ3) is 9.15. The van der Waals surface area contributed by atoms with Crippen molar-refractivity contribution in [2.24, 2.45) is 11.8 Å². The first-order valence-corrected chi connectivity index (χ1v) is 24.8. The van der Waals surface area contributed by atoms with Crippen LogP contribution in [-0.2, 0) is 17.8 Å². The van der Waals surface area contributed by atoms with Gasteiger partial charge in [-0.1, -0.05) is 19.4 Å². The number of piperazine rings is 1. The van der Waals surface area contributed by atoms with E-state index < -0.39 is 6.04 Å². The summed E-state index contributed by atoms with van der Waals surface area (Å²) < 4.78 is 1.78. The zero-order valence-electron chi connectivity index (χ0n) is 39.0. The number of aromatic nitrogens is 4. The number of amides is 2. The van der Waals surface area contributed by atoms with Crippen LogP contribution in [0.1, 0.15) is 127 Å². The number of aryl methyl sites for hydroxylation is 1. The van der Waals surface area contributed by atoms with Crippen molar-refractivity contribution >= 4 is 40.0 Å². The molecule has 1 atom stereocenters. The van der Waals surface area contributed by atoms with Crippen molar-refractivity contribution in [3.05, 3.63) is 99.1 Å². The molecule has 5 fully saturated rings. The highest BCUT2D eigenvalue weighted by Crippen LogP contribution is 2.36. The van der Waals surface area contributed by atoms with Crippen LogP contribution in [0, 0.1) is 18.8 Å². The number of anilines is 2. The molecule has 0 unspecified atom stereocenters. The molecule has 8 heterocycles. The molecular weight excluding hydrogens is 829 g/mol. The minimum atomic E-state index is -0.422. The fraction of sp³-hybridized carbons (Fsp3) is 0.558. The van der Waals surface area contributed by atoms with Gasteiger partial charge in [0, 0.05) is 99.2 Å². The van der Waals surface area contributed by atoms with Gasteiger partial charge in [0.2, 0.25) is 5.91 Å². The molecule has 0 radical (unpaired) electrons. The van der Waals surface area contributed by atoms with E-state index in [1.807, 2.05) is 19.2 Å². The molecule has 6 aliphatic rings. The van der Waals surface area contributed by atoms with Crippen LogP contribution < -0.4 is 20.7 Å². The Labute approximate surface area is 388 Å². The van der Waals surface area contributed by atoms with Gasteiger partial charge in [-0.05, 0) is 138 Å². The molecule has 4 aromatic rings. The maximum Gasteiger partial charge on any atom is 0.263 e. The van der Waals surface area contributed by atoms with Crippen molar-refractivity contribution in [2.75, 3.05) is 75.2 Å². The van der Waals surface area contributed by atoms with Crippen LogP contribution >= 0.6 is 0 Å². The molecule has 0 spiro atoms. The largest absolute Gasteiger partial charge is 0.372 e. The molecule has 14 nitrogen and oxygen atoms in total. The number of rotatable bonds is 12. The Morgan fingerprint density at radius 2 is 1.47 bits per heavy atom. The number of carbonyl (C=O) groups excluding carboxylic acids is 3. The van der Waals surface area contributed by atoms with Gasteiger partial charge < -0.3 is 24.9 Å². The molecule has 0 bridgehead atoms. The fourth-order valence-electron chi connectivity index (χ4n) is 11.9. The van der Waals surface area contributed by atoms with E-state index in [2.05, 4.69) is 60.7 Å². The van der Waals surface area contributed by atoms with Gasteiger partial charge in [0.1, 0.15) is 17.5 Å². The summed E-state index contributed by atoms with van der Waals surface area (Å²) in [4.78, 5) is 78.4. The maximum atomic E-state index is 13.6. The summed E-state index contributed by atoms with van der Waals surface area (Å²) in [6.07, 6.45) is 15.9. The number of likely N-dealkylation sites (tertiary alicyclic amines) is 1. The zero-order chi connectivity index (χ0) is 45.5. The molecule has 10 rings (SSSR count). The van der Waals surface area contributed by atoms with Crippen LogP contribution in [-0.4, -0.2) is 123 Å². The van der Waals surface area contributed by atoms with Crippen molar-refractivity contribution in [2.45, 2.75) is 110 Å². The number of benzene rings is 1. The average molecular weight is 895 g/mol. The number of nitrogens with zero attached hydrogens (tertiary/aromatic N) is 9. The number of nitrogens with one attached hydrogen (secondary N) is 1. The van der Waals surface area contributed by atoms with Gasteiger partial charge in [-0.25, -0.2) is 9.97 Å². The maximum absolute atomic E-state index is 13.6. The lowest BCUT2D eigenvalue weighted by molar-refractivity contribution is -0.126. The van der Waals surface area contributed by atoms with Crippen LogP contribution in [0.25, 0.3) is 11.0 Å². The van der Waals surface area contributed by atoms with E-state index in [0.717, 1.165) is 123 Å². The SMILES string of the molecule is C=C1CC[C@H](N2Cc3cc(N4CCC(CC5CCN(CCN6CCN(c7ccc(Cc8ncc9c(C)c(C(C)=O)c(=O)n(C%10CCCC%10)c9n8)nc7)CC6)CC5)CC4)ccc3C2=O)C(=O)N1. The van der Waals surface area contributed by atoms with E-state index in [1.54, 1.807) is 15.7 Å². The number of Topliss-reactive ketones (excluding diaryl/α,β-unsaturated/α-hetero) is 1. The van der Waals surface area contributed by atoms with Crippen molar-refractivity contribution in [1.82, 2.24) is 39.5 Å². The second kappa shape index (κ2) is 19.0. The lowest BCUT2D eigenvalue weighted by Gasteiger charge is -2.39. The average Bonchev–Trinajstić information content (AvgIpc) is 3.97. The first-order valence-electron chi connectivity index (χ1n) is 24.8. The summed E-state index contributed by atoms with van der Waals surface area (Å²) >= 11 is 0. The van der Waals surface area contributed by atoms with Gasteiger partial charge in [0.25, 0.3) is 11.5 Å². The molecule has 2 amide bonds. The molecule has 1 saturated carbocycles. The molecule has 66 heavy (non-hydrogen) atoms. The summed E-state index contributed by atoms with van der Waals surface area (Å²) in [7, 11) is 0. The molecule has 1 aliphatic carbocycles. The zero-order valence-corrected chi connectivity index (χ0v) is 39.0. The number of pyridine rings is 2. The Balaban J connectivity index is 0.641. The fourth-order valence-corrected chi connectivity index (χ4v) is 11.9. The first-order chi connectivity index (χ1) is 32.1. The van der Waals surface area contributed by atoms with Crippen molar-refractivity contribution in [3.8, 4) is 0 Å². The topological polar surface area (TPSA) is 140 Å². The van der Waals surface area contributed by atoms with E-state index in [9.17, 15) is 19.2 Å². The quantitative estimate of drug-likeness (QED) is 0.161. The van der Waals surface area contributed by atoms with Crippen LogP contribution in [0.2, 0.25) is 0 Å². The predicted octanol–water partition coefficient (Wildman–Crippen LogP) is 6.29. The molecule has 14 heteroatoms. The minimum absolute atomic E-state index is 0.0335. The molecule has 1 aromatic carbocycles. The second-order valence-corrected chi connectivity index (χ2v) is 20.1. The van der Waals surface area contributed by atoms with Gasteiger partial charge in [-0.15, -0.1) is 0 Å². The highest BCUT2D eigenvalue weighted by atomic mass is 16.2. The first kappa shape index (κ1) is 44.4. The molecule has 4 saturated heterocycles. The number of piperidine rings is 3. The number of allylic oxidation sites excluding steroid dienone is 1. The van der Waals surface area contributed by atoms with Crippen LogP contribution in [0.4, 0.5) is 11.4 Å². The molecular formula is C52H66N10O4. The molecule has 3 aromatic heterocycles. The molecule has 348 valence electrons. The van der Waals surface area contributed by atoms with Gasteiger partial charge in [-0.2, -0.15) is 0 Å². The van der Waals surface area contributed by atoms with Crippen molar-refractivity contribution in [3.63, 3.8) is 0 Å². The Morgan fingerprint density at radius 3 is 2.15 bits per heavy atom. The second-order valence-electron chi connectivity index (χ2n) is 20.1. The van der Waals surface area contributed by atoms with Crippen LogP contribution in [0.15, 0.2) is 59.8 Å². The van der Waals surface area contributed by atoms with Gasteiger partial charge >= 0.3 is 0 Å². The smallest absolute Gasteiger partial charge is 0.263 e. The predicted molar refractivity (Wildman–Crippen MR) is 257 cm³/mol. The highest BCUT2D eigenvalue weighted by Gasteiger charge is 2.38. The summed E-state index contributed by atoms with van der Waals surface area (Å²) in [5.41, 5.74) is 7.05. The van der Waals surface area contributed by atoms with E-state index >= 15 is 0 Å². The summed E-state index contributed by atoms with van der Waals surface area (Å²) in [6, 6.07) is 10.1. The summed E-state index contributed by atoms with van der Waals surface area (Å²) in [6.45, 7) is 18.5. The number of hydrogen-bond donors (Lipinski definition) is 1. The monoisotopic (exact) mass is 895 g/mol. The Kier molecular flexibility index (Phi) is 12.8. The van der Waals surface area contributed by atoms with Crippen molar-refractivity contribution in [1.29, 1.82) is 0 Å². The number of ketones is 1. The third-order valence-electron chi connectivity index (χ3n) is 15.9. The van der Waals surface area contributed by atoms with E-state index in [4.69, 9.17) is 9.97 Å². The molecule has 5 aliphatic heterocycles. The van der Waals surface area contributed by atoms with E-state index in [1.165, 1.54) is 57.8 Å². The van der Waals surface area contributed by atoms with Gasteiger partial charge in [-0.3, -0.25) is 33.6 Å². The number of fused-ring (bicyclic) bond motifs is 2. The Hall–Kier alpha value is -5.47. The standard InChI is InChI=1S/C52H66N10O4/c1-34-8-13-46(50(64)55-34)61-33-39-29-42(11-12-44(39)51(61)65)59-20-16-38(17-21-59)28-37-14-18-57(19-15-37)22-23-58-24-26-60(27-25-58)43-10-9-40(53-31-43)30-47-54-32-45-35(2)48(36(3)63)52(66)62(49(45)56-47)41-6-4-5-7-41/h9-12,29,31-32,37-38,41,46H,1,4-8,13-28,30,33H2,2-3H3,(H,55,64)/t46-/m0/s1. The highest BCUT2D eigenvalue weighted by molar-refractivity contribution is 6.02. The Morgan fingerprint density at radius 1 is 0.788 bits per heavy atom. The lowest BCUT2D eigenvalue weighted by atomic mass is 9.82. The van der Waals surface area contributed by atoms with Gasteiger partial charge in [0.05, 0.1) is 23.9 Å². The van der Waals surface area contributed by atoms with Crippen LogP contribution in [0.5, 0.6) is 0 Å². The van der Waals surface area contributed by atoms with E-state index in [-0.39, 0.29) is 34.8 Å². The number of carbonyl (C=O) groups is 3. The van der Waals surface area contributed by atoms with Crippen molar-refractivity contribution < 1.29 is 14.4 Å². The molecule has 1 N–H and O–H groups in total. The summed E-state index contributed by atoms with van der Waals surface area (Å²) in [5, 5.41) is 3.61. The Bertz CT molecular complexity index is 2540. The van der Waals surface area contributed by atoms with Gasteiger partial charge in [0.15, 0.2) is 5.78 Å². The normalized spacial score (nSPS) is 21.9. The van der Waals surface area contributed by atoms with Crippen LogP contribution in [0.3, 0.4) is 0 Å². The lowest BCUT2D eigenvalue weighted by Crippen LogP contribution is -2.49. The minimum Gasteiger partial charge on any atom is -0.372 e. The van der Waals surface area contributed by atoms with E-state index in [0.29, 0.717) is 42.8 Å². The third-order valence-corrected chi connectivity index (χ3v) is 15.9. The number of hydrogen-bond acceptors (Lipinski definition) is 11. The summed E-state index contributed by atoms with van der Waals surface area (Å²) in [5.74, 6) is 1.86.